The van der Waals surface area contributed by atoms with Crippen LogP contribution < -0.4 is 15.5 Å². The number of rotatable bonds is 9. The number of nitrogens with one attached hydrogen (secondary N) is 2. The molecule has 25 heavy (non-hydrogen) atoms. The third-order valence-electron chi connectivity index (χ3n) is 3.47. The second-order valence-corrected chi connectivity index (χ2v) is 5.82. The van der Waals surface area contributed by atoms with Crippen molar-refractivity contribution in [2.45, 2.75) is 32.4 Å². The molecule has 0 saturated carbocycles. The van der Waals surface area contributed by atoms with E-state index in [4.69, 9.17) is 4.74 Å². The van der Waals surface area contributed by atoms with Crippen LogP contribution in [0.3, 0.4) is 0 Å². The first kappa shape index (κ1) is 21.1. The first-order valence-electron chi connectivity index (χ1n) is 8.27. The summed E-state index contributed by atoms with van der Waals surface area (Å²) in [5, 5.41) is 4.80. The quantitative estimate of drug-likeness (QED) is 0.651. The van der Waals surface area contributed by atoms with Gasteiger partial charge in [-0.25, -0.2) is 4.79 Å². The van der Waals surface area contributed by atoms with E-state index in [-0.39, 0.29) is 5.69 Å². The van der Waals surface area contributed by atoms with Crippen LogP contribution in [0.4, 0.5) is 29.3 Å². The maximum atomic E-state index is 13.2. The summed E-state index contributed by atoms with van der Waals surface area (Å²) in [4.78, 5) is 13.4. The third kappa shape index (κ3) is 7.64. The van der Waals surface area contributed by atoms with E-state index in [1.165, 1.54) is 12.1 Å². The normalized spacial score (nSPS) is 11.3. The fraction of sp³-hybridized carbons (Fsp3) is 0.588. The molecular formula is C17H26F3N3O2. The topological polar surface area (TPSA) is 53.6 Å². The highest BCUT2D eigenvalue weighted by molar-refractivity contribution is 5.90. The Morgan fingerprint density at radius 2 is 1.88 bits per heavy atom. The van der Waals surface area contributed by atoms with Crippen molar-refractivity contribution in [3.05, 3.63) is 23.8 Å². The highest BCUT2D eigenvalue weighted by atomic mass is 19.4. The average Bonchev–Trinajstić information content (AvgIpc) is 2.53. The molecule has 2 amide bonds. The molecule has 0 atom stereocenters. The van der Waals surface area contributed by atoms with Crippen LogP contribution in [0.1, 0.15) is 31.7 Å². The predicted octanol–water partition coefficient (Wildman–Crippen LogP) is 4.10. The van der Waals surface area contributed by atoms with Crippen molar-refractivity contribution in [2.24, 2.45) is 0 Å². The van der Waals surface area contributed by atoms with Crippen LogP contribution in [0.2, 0.25) is 0 Å². The number of benzene rings is 1. The van der Waals surface area contributed by atoms with Crippen LogP contribution >= 0.6 is 0 Å². The molecule has 5 nitrogen and oxygen atoms in total. The van der Waals surface area contributed by atoms with Crippen LogP contribution in [0.5, 0.6) is 0 Å². The number of alkyl halides is 3. The first-order chi connectivity index (χ1) is 11.8. The monoisotopic (exact) mass is 361 g/mol. The molecular weight excluding hydrogens is 335 g/mol. The van der Waals surface area contributed by atoms with E-state index < -0.39 is 17.8 Å². The number of halogens is 3. The minimum absolute atomic E-state index is 0.269. The summed E-state index contributed by atoms with van der Waals surface area (Å²) in [6.07, 6.45) is -1.92. The van der Waals surface area contributed by atoms with E-state index in [0.29, 0.717) is 31.9 Å². The van der Waals surface area contributed by atoms with E-state index in [9.17, 15) is 18.0 Å². The maximum Gasteiger partial charge on any atom is 0.418 e. The van der Waals surface area contributed by atoms with Gasteiger partial charge in [0, 0.05) is 39.5 Å². The molecule has 1 aromatic carbocycles. The summed E-state index contributed by atoms with van der Waals surface area (Å²) in [5.41, 5.74) is -0.742. The van der Waals surface area contributed by atoms with Crippen LogP contribution in [0, 0.1) is 0 Å². The summed E-state index contributed by atoms with van der Waals surface area (Å²) in [6.45, 7) is 3.58. The lowest BCUT2D eigenvalue weighted by Gasteiger charge is -2.19. The van der Waals surface area contributed by atoms with Crippen LogP contribution in [-0.2, 0) is 10.9 Å². The molecule has 1 aromatic rings. The van der Waals surface area contributed by atoms with Gasteiger partial charge in [0.05, 0.1) is 11.3 Å². The van der Waals surface area contributed by atoms with Gasteiger partial charge in [0.25, 0.3) is 0 Å². The number of hydrogen-bond acceptors (Lipinski definition) is 3. The molecule has 2 N–H and O–H groups in total. The van der Waals surface area contributed by atoms with Gasteiger partial charge in [-0.05, 0) is 31.0 Å². The van der Waals surface area contributed by atoms with Gasteiger partial charge in [0.2, 0.25) is 0 Å². The van der Waals surface area contributed by atoms with Gasteiger partial charge in [0.15, 0.2) is 0 Å². The lowest BCUT2D eigenvalue weighted by Crippen LogP contribution is -2.31. The summed E-state index contributed by atoms with van der Waals surface area (Å²) >= 11 is 0. The molecule has 0 fully saturated rings. The summed E-state index contributed by atoms with van der Waals surface area (Å²) in [6, 6.07) is 3.12. The summed E-state index contributed by atoms with van der Waals surface area (Å²) in [7, 11) is 3.30. The SMILES string of the molecule is CCCCOCCCNC(=O)Nc1ccc(N(C)C)cc1C(F)(F)F. The molecule has 8 heteroatoms. The molecule has 0 bridgehead atoms. The van der Waals surface area contributed by atoms with Gasteiger partial charge >= 0.3 is 12.2 Å². The van der Waals surface area contributed by atoms with Crippen molar-refractivity contribution in [1.29, 1.82) is 0 Å². The Labute approximate surface area is 146 Å². The number of hydrogen-bond donors (Lipinski definition) is 2. The van der Waals surface area contributed by atoms with Crippen molar-refractivity contribution in [3.8, 4) is 0 Å². The van der Waals surface area contributed by atoms with Crippen molar-refractivity contribution >= 4 is 17.4 Å². The lowest BCUT2D eigenvalue weighted by atomic mass is 10.1. The van der Waals surface area contributed by atoms with E-state index in [1.807, 2.05) is 0 Å². The van der Waals surface area contributed by atoms with Gasteiger partial charge in [-0.2, -0.15) is 13.2 Å². The zero-order chi connectivity index (χ0) is 18.9. The van der Waals surface area contributed by atoms with E-state index in [0.717, 1.165) is 18.9 Å². The number of urea groups is 1. The van der Waals surface area contributed by atoms with Crippen molar-refractivity contribution < 1.29 is 22.7 Å². The number of carbonyl (C=O) groups is 1. The average molecular weight is 361 g/mol. The highest BCUT2D eigenvalue weighted by Crippen LogP contribution is 2.37. The Morgan fingerprint density at radius 3 is 2.48 bits per heavy atom. The van der Waals surface area contributed by atoms with Gasteiger partial charge < -0.3 is 20.3 Å². The third-order valence-corrected chi connectivity index (χ3v) is 3.47. The molecule has 0 radical (unpaired) electrons. The number of amides is 2. The van der Waals surface area contributed by atoms with Crippen molar-refractivity contribution in [1.82, 2.24) is 5.32 Å². The summed E-state index contributed by atoms with van der Waals surface area (Å²) in [5.74, 6) is 0. The number of unbranched alkanes of at least 4 members (excludes halogenated alkanes) is 1. The highest BCUT2D eigenvalue weighted by Gasteiger charge is 2.34. The smallest absolute Gasteiger partial charge is 0.381 e. The largest absolute Gasteiger partial charge is 0.418 e. The molecule has 0 aliphatic heterocycles. The first-order valence-corrected chi connectivity index (χ1v) is 8.27. The molecule has 0 aromatic heterocycles. The molecule has 0 aliphatic carbocycles. The van der Waals surface area contributed by atoms with Gasteiger partial charge in [0.1, 0.15) is 0 Å². The Kier molecular flexibility index (Phi) is 8.54. The molecule has 1 rings (SSSR count). The lowest BCUT2D eigenvalue weighted by molar-refractivity contribution is -0.136. The van der Waals surface area contributed by atoms with Gasteiger partial charge in [-0.3, -0.25) is 0 Å². The number of anilines is 2. The van der Waals surface area contributed by atoms with E-state index in [2.05, 4.69) is 17.6 Å². The second-order valence-electron chi connectivity index (χ2n) is 5.82. The molecule has 142 valence electrons. The predicted molar refractivity (Wildman–Crippen MR) is 93.1 cm³/mol. The minimum atomic E-state index is -4.55. The molecule has 0 aliphatic rings. The van der Waals surface area contributed by atoms with E-state index >= 15 is 0 Å². The Morgan fingerprint density at radius 1 is 1.20 bits per heavy atom. The fourth-order valence-electron chi connectivity index (χ4n) is 2.05. The standard InChI is InChI=1S/C17H26F3N3O2/c1-4-5-10-25-11-6-9-21-16(24)22-15-8-7-13(23(2)3)12-14(15)17(18,19)20/h7-8,12H,4-6,9-11H2,1-3H3,(H2,21,22,24). The van der Waals surface area contributed by atoms with E-state index in [1.54, 1.807) is 19.0 Å². The zero-order valence-electron chi connectivity index (χ0n) is 14.9. The molecule has 0 saturated heterocycles. The van der Waals surface area contributed by atoms with Gasteiger partial charge in [-0.1, -0.05) is 13.3 Å². The van der Waals surface area contributed by atoms with Crippen LogP contribution in [-0.4, -0.2) is 39.9 Å². The number of nitrogens with zero attached hydrogens (tertiary/aromatic N) is 1. The molecule has 0 unspecified atom stereocenters. The van der Waals surface area contributed by atoms with Crippen molar-refractivity contribution in [3.63, 3.8) is 0 Å². The zero-order valence-corrected chi connectivity index (χ0v) is 14.9. The van der Waals surface area contributed by atoms with Crippen molar-refractivity contribution in [2.75, 3.05) is 44.1 Å². The summed E-state index contributed by atoms with van der Waals surface area (Å²) < 4.78 is 44.9. The van der Waals surface area contributed by atoms with Gasteiger partial charge in [-0.15, -0.1) is 0 Å². The number of ether oxygens (including phenoxy) is 1. The molecule has 0 heterocycles. The fourth-order valence-corrected chi connectivity index (χ4v) is 2.05. The Hall–Kier alpha value is -1.96. The Bertz CT molecular complexity index is 548. The molecule has 0 spiro atoms. The maximum absolute atomic E-state index is 13.2. The second kappa shape index (κ2) is 10.1. The van der Waals surface area contributed by atoms with Crippen LogP contribution in [0.15, 0.2) is 18.2 Å². The van der Waals surface area contributed by atoms with Crippen LogP contribution in [0.25, 0.3) is 0 Å². The number of carbonyl (C=O) groups excluding carboxylic acids is 1. The Balaban J connectivity index is 2.56. The minimum Gasteiger partial charge on any atom is -0.381 e.